The zero-order chi connectivity index (χ0) is 17.5. The van der Waals surface area contributed by atoms with Crippen molar-refractivity contribution >= 4 is 44.6 Å². The molecule has 3 heterocycles. The number of benzene rings is 2. The van der Waals surface area contributed by atoms with Gasteiger partial charge in [-0.2, -0.15) is 0 Å². The molecule has 5 rings (SSSR count). The molecule has 2 N–H and O–H groups in total. The minimum Gasteiger partial charge on any atom is -0.368 e. The van der Waals surface area contributed by atoms with Crippen LogP contribution in [0.2, 0.25) is 0 Å². The molecule has 0 bridgehead atoms. The average Bonchev–Trinajstić information content (AvgIpc) is 3.34. The van der Waals surface area contributed by atoms with E-state index in [-0.39, 0.29) is 0 Å². The number of para-hydroxylation sites is 1. The molecule has 0 saturated carbocycles. The number of nitrogens with two attached hydrogens (primary N) is 1. The van der Waals surface area contributed by atoms with Gasteiger partial charge in [0.2, 0.25) is 5.88 Å². The number of thiazole rings is 1. The first-order chi connectivity index (χ1) is 12.8. The number of fused-ring (bicyclic) bond motifs is 3. The van der Waals surface area contributed by atoms with Crippen LogP contribution in [0, 0.1) is 0 Å². The number of hydrogen-bond acceptors (Lipinski definition) is 5. The highest BCUT2D eigenvalue weighted by Gasteiger charge is 2.09. The molecule has 26 heavy (non-hydrogen) atoms. The molecule has 0 saturated heterocycles. The molecule has 0 amide bonds. The van der Waals surface area contributed by atoms with Crippen molar-refractivity contribution in [2.24, 2.45) is 0 Å². The number of anilines is 1. The Morgan fingerprint density at radius 1 is 1.04 bits per heavy atom. The summed E-state index contributed by atoms with van der Waals surface area (Å²) in [5.74, 6) is 0.312. The van der Waals surface area contributed by atoms with E-state index in [0.29, 0.717) is 11.6 Å². The van der Waals surface area contributed by atoms with Gasteiger partial charge in [-0.05, 0) is 23.8 Å². The molecule has 0 fully saturated rings. The van der Waals surface area contributed by atoms with Crippen LogP contribution in [0.4, 0.5) is 5.88 Å². The molecule has 0 aliphatic carbocycles. The Hall–Kier alpha value is -3.38. The SMILES string of the molecule is Nc1cc(C=Cc2ccc(-c3cn4c(n3)sc3ccccc34)cc2)no1. The Morgan fingerprint density at radius 3 is 2.69 bits per heavy atom. The molecule has 5 aromatic rings. The fourth-order valence-electron chi connectivity index (χ4n) is 2.92. The van der Waals surface area contributed by atoms with Crippen molar-refractivity contribution in [2.75, 3.05) is 5.73 Å². The van der Waals surface area contributed by atoms with Gasteiger partial charge in [0.25, 0.3) is 0 Å². The van der Waals surface area contributed by atoms with Gasteiger partial charge >= 0.3 is 0 Å². The van der Waals surface area contributed by atoms with Crippen LogP contribution in [0.5, 0.6) is 0 Å². The Balaban J connectivity index is 1.45. The fraction of sp³-hybridized carbons (Fsp3) is 0. The molecule has 6 heteroatoms. The number of imidazole rings is 1. The molecule has 0 aliphatic heterocycles. The van der Waals surface area contributed by atoms with Crippen LogP contribution in [-0.2, 0) is 0 Å². The highest BCUT2D eigenvalue weighted by Crippen LogP contribution is 2.29. The van der Waals surface area contributed by atoms with Crippen LogP contribution in [-0.4, -0.2) is 14.5 Å². The Bertz CT molecular complexity index is 1240. The van der Waals surface area contributed by atoms with E-state index in [1.165, 1.54) is 10.2 Å². The Morgan fingerprint density at radius 2 is 1.88 bits per heavy atom. The molecule has 2 aromatic carbocycles. The van der Waals surface area contributed by atoms with Crippen LogP contribution in [0.1, 0.15) is 11.3 Å². The lowest BCUT2D eigenvalue weighted by atomic mass is 10.1. The number of aromatic nitrogens is 3. The maximum atomic E-state index is 5.52. The second-order valence-electron chi connectivity index (χ2n) is 5.96. The monoisotopic (exact) mass is 358 g/mol. The maximum absolute atomic E-state index is 5.52. The predicted octanol–water partition coefficient (Wildman–Crippen LogP) is 4.96. The van der Waals surface area contributed by atoms with E-state index in [0.717, 1.165) is 21.8 Å². The lowest BCUT2D eigenvalue weighted by Gasteiger charge is -1.98. The topological polar surface area (TPSA) is 69.3 Å². The van der Waals surface area contributed by atoms with E-state index in [1.54, 1.807) is 17.4 Å². The number of nitrogens with zero attached hydrogens (tertiary/aromatic N) is 3. The normalized spacial score (nSPS) is 11.8. The van der Waals surface area contributed by atoms with Gasteiger partial charge < -0.3 is 10.3 Å². The van der Waals surface area contributed by atoms with Crippen molar-refractivity contribution in [1.82, 2.24) is 14.5 Å². The summed E-state index contributed by atoms with van der Waals surface area (Å²) in [6, 6.07) is 18.3. The summed E-state index contributed by atoms with van der Waals surface area (Å²) in [7, 11) is 0. The second-order valence-corrected chi connectivity index (χ2v) is 6.97. The van der Waals surface area contributed by atoms with Crippen molar-refractivity contribution in [3.8, 4) is 11.3 Å². The molecule has 0 aliphatic rings. The van der Waals surface area contributed by atoms with Crippen molar-refractivity contribution < 1.29 is 4.52 Å². The molecule has 126 valence electrons. The fourth-order valence-corrected chi connectivity index (χ4v) is 3.92. The molecular formula is C20H14N4OS. The van der Waals surface area contributed by atoms with Gasteiger partial charge in [0, 0.05) is 17.8 Å². The van der Waals surface area contributed by atoms with Gasteiger partial charge in [0.1, 0.15) is 5.69 Å². The first kappa shape index (κ1) is 14.9. The largest absolute Gasteiger partial charge is 0.368 e. The summed E-state index contributed by atoms with van der Waals surface area (Å²) in [5, 5.41) is 3.84. The molecular weight excluding hydrogens is 344 g/mol. The maximum Gasteiger partial charge on any atom is 0.222 e. The smallest absolute Gasteiger partial charge is 0.222 e. The molecule has 3 aromatic heterocycles. The highest BCUT2D eigenvalue weighted by atomic mass is 32.1. The second kappa shape index (κ2) is 5.86. The van der Waals surface area contributed by atoms with Gasteiger partial charge in [0.05, 0.1) is 15.9 Å². The first-order valence-electron chi connectivity index (χ1n) is 8.14. The third-order valence-corrected chi connectivity index (χ3v) is 5.23. The Kier molecular flexibility index (Phi) is 3.36. The van der Waals surface area contributed by atoms with E-state index >= 15 is 0 Å². The summed E-state index contributed by atoms with van der Waals surface area (Å²) >= 11 is 1.70. The van der Waals surface area contributed by atoms with Crippen molar-refractivity contribution in [3.05, 3.63) is 72.1 Å². The molecule has 0 radical (unpaired) electrons. The zero-order valence-electron chi connectivity index (χ0n) is 13.7. The molecule has 0 unspecified atom stereocenters. The Labute approximate surface area is 153 Å². The van der Waals surface area contributed by atoms with Gasteiger partial charge in [-0.15, -0.1) is 0 Å². The number of rotatable bonds is 3. The van der Waals surface area contributed by atoms with E-state index in [1.807, 2.05) is 12.2 Å². The molecule has 5 nitrogen and oxygen atoms in total. The number of nitrogen functional groups attached to an aromatic ring is 1. The minimum atomic E-state index is 0.312. The minimum absolute atomic E-state index is 0.312. The van der Waals surface area contributed by atoms with Crippen LogP contribution >= 0.6 is 11.3 Å². The summed E-state index contributed by atoms with van der Waals surface area (Å²) in [6.45, 7) is 0. The number of hydrogen-bond donors (Lipinski definition) is 1. The van der Waals surface area contributed by atoms with Gasteiger partial charge in [-0.25, -0.2) is 4.98 Å². The van der Waals surface area contributed by atoms with Crippen molar-refractivity contribution in [1.29, 1.82) is 0 Å². The van der Waals surface area contributed by atoms with Crippen molar-refractivity contribution in [2.45, 2.75) is 0 Å². The van der Waals surface area contributed by atoms with Crippen LogP contribution < -0.4 is 5.73 Å². The van der Waals surface area contributed by atoms with Gasteiger partial charge in [-0.3, -0.25) is 4.40 Å². The third kappa shape index (κ3) is 2.57. The van der Waals surface area contributed by atoms with E-state index in [2.05, 4.69) is 64.3 Å². The van der Waals surface area contributed by atoms with Crippen molar-refractivity contribution in [3.63, 3.8) is 0 Å². The van der Waals surface area contributed by atoms with Crippen LogP contribution in [0.3, 0.4) is 0 Å². The van der Waals surface area contributed by atoms with E-state index in [4.69, 9.17) is 15.2 Å². The first-order valence-corrected chi connectivity index (χ1v) is 8.95. The summed E-state index contributed by atoms with van der Waals surface area (Å²) < 4.78 is 8.25. The van der Waals surface area contributed by atoms with Crippen LogP contribution in [0.15, 0.2) is 65.3 Å². The summed E-state index contributed by atoms with van der Waals surface area (Å²) in [6.07, 6.45) is 5.94. The lowest BCUT2D eigenvalue weighted by molar-refractivity contribution is 0.435. The molecule has 0 atom stereocenters. The third-order valence-electron chi connectivity index (χ3n) is 4.20. The predicted molar refractivity (Wildman–Crippen MR) is 106 cm³/mol. The summed E-state index contributed by atoms with van der Waals surface area (Å²) in [5.41, 5.74) is 10.5. The zero-order valence-corrected chi connectivity index (χ0v) is 14.5. The molecule has 0 spiro atoms. The van der Waals surface area contributed by atoms with Gasteiger partial charge in [-0.1, -0.05) is 59.0 Å². The van der Waals surface area contributed by atoms with Crippen LogP contribution in [0.25, 0.3) is 38.6 Å². The quantitative estimate of drug-likeness (QED) is 0.495. The standard InChI is InChI=1S/C20H14N4OS/c21-19-11-15(23-25-19)10-7-13-5-8-14(9-6-13)16-12-24-17-3-1-2-4-18(17)26-20(24)22-16/h1-12H,21H2. The highest BCUT2D eigenvalue weighted by molar-refractivity contribution is 7.23. The average molecular weight is 358 g/mol. The van der Waals surface area contributed by atoms with E-state index < -0.39 is 0 Å². The lowest BCUT2D eigenvalue weighted by Crippen LogP contribution is -1.79. The summed E-state index contributed by atoms with van der Waals surface area (Å²) in [4.78, 5) is 5.78. The van der Waals surface area contributed by atoms with Gasteiger partial charge in [0.15, 0.2) is 4.96 Å². The van der Waals surface area contributed by atoms with E-state index in [9.17, 15) is 0 Å².